The van der Waals surface area contributed by atoms with Crippen LogP contribution in [0.5, 0.6) is 0 Å². The number of amides is 1. The normalized spacial score (nSPS) is 21.6. The number of aliphatic hydroxyl groups is 1. The molecule has 1 aliphatic heterocycles. The van der Waals surface area contributed by atoms with Crippen molar-refractivity contribution in [3.05, 3.63) is 30.1 Å². The highest BCUT2D eigenvalue weighted by Crippen LogP contribution is 2.51. The zero-order valence-corrected chi connectivity index (χ0v) is 17.5. The fraction of sp³-hybridized carbons (Fsp3) is 0.500. The Morgan fingerprint density at radius 2 is 2.07 bits per heavy atom. The molecule has 29 heavy (non-hydrogen) atoms. The van der Waals surface area contributed by atoms with Gasteiger partial charge in [0.25, 0.3) is 0 Å². The highest BCUT2D eigenvalue weighted by atomic mass is 35.5. The summed E-state index contributed by atoms with van der Waals surface area (Å²) in [5.41, 5.74) is -0.481. The minimum absolute atomic E-state index is 0. The number of halogens is 1. The number of nitrogens with one attached hydrogen (secondary N) is 1. The summed E-state index contributed by atoms with van der Waals surface area (Å²) in [6.45, 7) is 3.94. The van der Waals surface area contributed by atoms with Gasteiger partial charge in [-0.3, -0.25) is 9.48 Å². The van der Waals surface area contributed by atoms with Gasteiger partial charge in [-0.1, -0.05) is 0 Å². The third-order valence-electron chi connectivity index (χ3n) is 5.65. The minimum Gasteiger partial charge on any atom is -0.384 e. The fourth-order valence-electron chi connectivity index (χ4n) is 4.02. The topological polar surface area (TPSA) is 107 Å². The van der Waals surface area contributed by atoms with Crippen molar-refractivity contribution in [2.75, 3.05) is 16.8 Å². The SMILES string of the molecule is Cl.Cn1nc(Nc2cc(N3CC[C@@](C#N)(C4CC4)C3=O)ccn2)cc1C(C)(C)O. The first-order valence-electron chi connectivity index (χ1n) is 9.48. The highest BCUT2D eigenvalue weighted by Gasteiger charge is 2.56. The summed E-state index contributed by atoms with van der Waals surface area (Å²) in [5.74, 6) is 1.20. The fourth-order valence-corrected chi connectivity index (χ4v) is 4.02. The van der Waals surface area contributed by atoms with Gasteiger partial charge in [-0.05, 0) is 45.1 Å². The van der Waals surface area contributed by atoms with Crippen molar-refractivity contribution in [3.8, 4) is 6.07 Å². The summed E-state index contributed by atoms with van der Waals surface area (Å²) in [6, 6.07) is 7.64. The molecular weight excluding hydrogens is 392 g/mol. The third kappa shape index (κ3) is 3.68. The van der Waals surface area contributed by atoms with Crippen molar-refractivity contribution in [2.45, 2.75) is 38.7 Å². The molecule has 0 radical (unpaired) electrons. The smallest absolute Gasteiger partial charge is 0.247 e. The van der Waals surface area contributed by atoms with Gasteiger partial charge in [0.05, 0.1) is 11.8 Å². The van der Waals surface area contributed by atoms with Crippen LogP contribution in [0.2, 0.25) is 0 Å². The van der Waals surface area contributed by atoms with Crippen LogP contribution in [0.15, 0.2) is 24.4 Å². The summed E-state index contributed by atoms with van der Waals surface area (Å²) >= 11 is 0. The second-order valence-corrected chi connectivity index (χ2v) is 8.19. The molecule has 2 fully saturated rings. The minimum atomic E-state index is -1.01. The molecule has 3 heterocycles. The van der Waals surface area contributed by atoms with Gasteiger partial charge < -0.3 is 15.3 Å². The number of nitrogens with zero attached hydrogens (tertiary/aromatic N) is 5. The third-order valence-corrected chi connectivity index (χ3v) is 5.65. The average Bonchev–Trinajstić information content (AvgIpc) is 3.34. The Morgan fingerprint density at radius 3 is 2.66 bits per heavy atom. The van der Waals surface area contributed by atoms with Crippen molar-refractivity contribution in [1.29, 1.82) is 5.26 Å². The highest BCUT2D eigenvalue weighted by molar-refractivity contribution is 6.02. The van der Waals surface area contributed by atoms with Crippen molar-refractivity contribution < 1.29 is 9.90 Å². The monoisotopic (exact) mass is 416 g/mol. The Hall–Kier alpha value is -2.63. The van der Waals surface area contributed by atoms with Crippen molar-refractivity contribution >= 4 is 35.6 Å². The summed E-state index contributed by atoms with van der Waals surface area (Å²) < 4.78 is 1.62. The number of hydrogen-bond acceptors (Lipinski definition) is 6. The zero-order chi connectivity index (χ0) is 20.1. The van der Waals surface area contributed by atoms with Crippen LogP contribution in [-0.2, 0) is 17.4 Å². The maximum Gasteiger partial charge on any atom is 0.247 e. The van der Waals surface area contributed by atoms with E-state index in [1.54, 1.807) is 54.9 Å². The number of rotatable bonds is 5. The lowest BCUT2D eigenvalue weighted by atomic mass is 9.83. The zero-order valence-electron chi connectivity index (χ0n) is 16.7. The number of nitriles is 1. The lowest BCUT2D eigenvalue weighted by molar-refractivity contribution is -0.123. The van der Waals surface area contributed by atoms with Gasteiger partial charge in [0, 0.05) is 37.6 Å². The number of carbonyl (C=O) groups excluding carboxylic acids is 1. The van der Waals surface area contributed by atoms with Crippen LogP contribution >= 0.6 is 12.4 Å². The number of hydrogen-bond donors (Lipinski definition) is 2. The van der Waals surface area contributed by atoms with Crippen LogP contribution in [-0.4, -0.2) is 32.3 Å². The quantitative estimate of drug-likeness (QED) is 0.776. The van der Waals surface area contributed by atoms with Gasteiger partial charge in [0.15, 0.2) is 5.82 Å². The van der Waals surface area contributed by atoms with Crippen LogP contribution in [0.25, 0.3) is 0 Å². The van der Waals surface area contributed by atoms with E-state index in [1.165, 1.54) is 0 Å². The molecule has 154 valence electrons. The Balaban J connectivity index is 0.00000240. The molecule has 1 atom stereocenters. The molecule has 1 aliphatic carbocycles. The molecule has 2 N–H and O–H groups in total. The molecule has 2 aromatic heterocycles. The molecular formula is C20H25ClN6O2. The second kappa shape index (κ2) is 7.32. The molecule has 0 bridgehead atoms. The number of pyridine rings is 1. The van der Waals surface area contributed by atoms with Crippen LogP contribution in [0.4, 0.5) is 17.3 Å². The predicted molar refractivity (Wildman–Crippen MR) is 111 cm³/mol. The van der Waals surface area contributed by atoms with Crippen molar-refractivity contribution in [1.82, 2.24) is 14.8 Å². The summed E-state index contributed by atoms with van der Waals surface area (Å²) in [5, 5.41) is 27.4. The molecule has 2 aliphatic rings. The molecule has 0 spiro atoms. The number of aromatic nitrogens is 3. The summed E-state index contributed by atoms with van der Waals surface area (Å²) in [7, 11) is 1.77. The van der Waals surface area contributed by atoms with Gasteiger partial charge >= 0.3 is 0 Å². The molecule has 1 saturated carbocycles. The maximum absolute atomic E-state index is 13.0. The molecule has 9 heteroatoms. The van der Waals surface area contributed by atoms with Crippen LogP contribution in [0, 0.1) is 22.7 Å². The Morgan fingerprint density at radius 1 is 1.34 bits per heavy atom. The molecule has 4 rings (SSSR count). The average molecular weight is 417 g/mol. The van der Waals surface area contributed by atoms with E-state index < -0.39 is 11.0 Å². The van der Waals surface area contributed by atoms with Gasteiger partial charge in [-0.2, -0.15) is 10.4 Å². The van der Waals surface area contributed by atoms with Crippen LogP contribution < -0.4 is 10.2 Å². The Kier molecular flexibility index (Phi) is 5.32. The first-order valence-corrected chi connectivity index (χ1v) is 9.48. The van der Waals surface area contributed by atoms with E-state index in [9.17, 15) is 15.2 Å². The number of carbonyl (C=O) groups is 1. The maximum atomic E-state index is 13.0. The molecule has 0 aromatic carbocycles. The van der Waals surface area contributed by atoms with E-state index >= 15 is 0 Å². The molecule has 2 aromatic rings. The van der Waals surface area contributed by atoms with E-state index in [1.807, 2.05) is 0 Å². The number of aryl methyl sites for hydroxylation is 1. The lowest BCUT2D eigenvalue weighted by Gasteiger charge is -2.21. The molecule has 1 saturated heterocycles. The Labute approximate surface area is 175 Å². The van der Waals surface area contributed by atoms with E-state index in [0.29, 0.717) is 30.3 Å². The van der Waals surface area contributed by atoms with Crippen LogP contribution in [0.3, 0.4) is 0 Å². The lowest BCUT2D eigenvalue weighted by Crippen LogP contribution is -2.35. The van der Waals surface area contributed by atoms with E-state index in [0.717, 1.165) is 18.5 Å². The van der Waals surface area contributed by atoms with Crippen LogP contribution in [0.1, 0.15) is 38.8 Å². The summed E-state index contributed by atoms with van der Waals surface area (Å²) in [4.78, 5) is 19.0. The largest absolute Gasteiger partial charge is 0.384 e. The summed E-state index contributed by atoms with van der Waals surface area (Å²) in [6.07, 6.45) is 4.13. The molecule has 8 nitrogen and oxygen atoms in total. The van der Waals surface area contributed by atoms with Gasteiger partial charge in [-0.15, -0.1) is 12.4 Å². The van der Waals surface area contributed by atoms with E-state index in [4.69, 9.17) is 0 Å². The first kappa shape index (κ1) is 21.1. The first-order chi connectivity index (χ1) is 13.2. The van der Waals surface area contributed by atoms with Gasteiger partial charge in [0.1, 0.15) is 16.8 Å². The van der Waals surface area contributed by atoms with E-state index in [-0.39, 0.29) is 24.2 Å². The van der Waals surface area contributed by atoms with Crippen molar-refractivity contribution in [2.24, 2.45) is 18.4 Å². The Bertz CT molecular complexity index is 972. The second-order valence-electron chi connectivity index (χ2n) is 8.19. The molecule has 1 amide bonds. The van der Waals surface area contributed by atoms with Gasteiger partial charge in [0.2, 0.25) is 5.91 Å². The standard InChI is InChI=1S/C20H24N6O2.ClH/c1-19(2,28)15-11-17(24-25(15)3)23-16-10-14(6-8-22-16)26-9-7-20(12-21,18(26)27)13-4-5-13;/h6,8,10-11,13,28H,4-5,7,9H2,1-3H3,(H,22,23,24);1H/t20-;/m1./s1. The predicted octanol–water partition coefficient (Wildman–Crippen LogP) is 2.86. The van der Waals surface area contributed by atoms with E-state index in [2.05, 4.69) is 21.5 Å². The van der Waals surface area contributed by atoms with Crippen molar-refractivity contribution in [3.63, 3.8) is 0 Å². The molecule has 0 unspecified atom stereocenters. The number of anilines is 3. The van der Waals surface area contributed by atoms with Gasteiger partial charge in [-0.25, -0.2) is 4.98 Å².